The molecule has 0 radical (unpaired) electrons. The van der Waals surface area contributed by atoms with Crippen LogP contribution in [-0.4, -0.2) is 19.0 Å². The summed E-state index contributed by atoms with van der Waals surface area (Å²) >= 11 is 0. The molecule has 0 fully saturated rings. The Labute approximate surface area is 132 Å². The van der Waals surface area contributed by atoms with Crippen LogP contribution in [0.3, 0.4) is 0 Å². The smallest absolute Gasteiger partial charge is 0.337 e. The molecule has 0 aliphatic carbocycles. The van der Waals surface area contributed by atoms with Crippen molar-refractivity contribution in [3.8, 4) is 0 Å². The van der Waals surface area contributed by atoms with E-state index in [2.05, 4.69) is 10.1 Å². The maximum atomic E-state index is 12.4. The molecule has 5 nitrogen and oxygen atoms in total. The van der Waals surface area contributed by atoms with Gasteiger partial charge in [-0.05, 0) is 37.3 Å². The topological polar surface area (TPSA) is 68.5 Å². The summed E-state index contributed by atoms with van der Waals surface area (Å²) in [7, 11) is 1.32. The first-order valence-electron chi connectivity index (χ1n) is 7.08. The number of para-hydroxylation sites is 1. The van der Waals surface area contributed by atoms with Gasteiger partial charge in [-0.15, -0.1) is 0 Å². The van der Waals surface area contributed by atoms with Crippen LogP contribution in [0.1, 0.15) is 26.5 Å². The van der Waals surface area contributed by atoms with Crippen molar-refractivity contribution < 1.29 is 18.7 Å². The Balaban J connectivity index is 1.83. The fraction of sp³-hybridized carbons (Fsp3) is 0.111. The number of furan rings is 1. The summed E-state index contributed by atoms with van der Waals surface area (Å²) in [6, 6.07) is 14.0. The zero-order chi connectivity index (χ0) is 16.4. The minimum absolute atomic E-state index is 0.281. The third-order valence-corrected chi connectivity index (χ3v) is 3.61. The summed E-state index contributed by atoms with van der Waals surface area (Å²) in [6.45, 7) is 1.85. The quantitative estimate of drug-likeness (QED) is 0.748. The van der Waals surface area contributed by atoms with Crippen molar-refractivity contribution >= 4 is 28.5 Å². The van der Waals surface area contributed by atoms with Gasteiger partial charge in [-0.3, -0.25) is 4.79 Å². The van der Waals surface area contributed by atoms with E-state index in [1.165, 1.54) is 7.11 Å². The molecule has 5 heteroatoms. The lowest BCUT2D eigenvalue weighted by Crippen LogP contribution is -2.12. The number of benzene rings is 2. The number of rotatable bonds is 3. The van der Waals surface area contributed by atoms with Gasteiger partial charge in [-0.1, -0.05) is 18.2 Å². The average molecular weight is 309 g/mol. The van der Waals surface area contributed by atoms with E-state index in [0.717, 1.165) is 10.9 Å². The van der Waals surface area contributed by atoms with Gasteiger partial charge in [0.2, 0.25) is 0 Å². The first-order chi connectivity index (χ1) is 11.1. The third kappa shape index (κ3) is 2.81. The number of nitrogens with one attached hydrogen (secondary N) is 1. The highest BCUT2D eigenvalue weighted by atomic mass is 16.5. The Hall–Kier alpha value is -3.08. The SMILES string of the molecule is COC(=O)c1ccc(NC(=O)c2oc3ccccc3c2C)cc1. The number of hydrogen-bond acceptors (Lipinski definition) is 4. The maximum absolute atomic E-state index is 12.4. The van der Waals surface area contributed by atoms with E-state index in [-0.39, 0.29) is 11.7 Å². The number of hydrogen-bond donors (Lipinski definition) is 1. The Kier molecular flexibility index (Phi) is 3.85. The maximum Gasteiger partial charge on any atom is 0.337 e. The fourth-order valence-corrected chi connectivity index (χ4v) is 2.39. The van der Waals surface area contributed by atoms with E-state index >= 15 is 0 Å². The summed E-state index contributed by atoms with van der Waals surface area (Å²) in [5, 5.41) is 3.67. The number of anilines is 1. The van der Waals surface area contributed by atoms with Crippen LogP contribution < -0.4 is 5.32 Å². The molecule has 0 aliphatic rings. The van der Waals surface area contributed by atoms with Gasteiger partial charge in [0, 0.05) is 16.6 Å². The van der Waals surface area contributed by atoms with Crippen LogP contribution in [0.4, 0.5) is 5.69 Å². The second kappa shape index (κ2) is 5.96. The van der Waals surface area contributed by atoms with E-state index in [1.54, 1.807) is 24.3 Å². The lowest BCUT2D eigenvalue weighted by molar-refractivity contribution is 0.0600. The van der Waals surface area contributed by atoms with Gasteiger partial charge in [0.25, 0.3) is 5.91 Å². The Morgan fingerprint density at radius 1 is 1.04 bits per heavy atom. The fourth-order valence-electron chi connectivity index (χ4n) is 2.39. The summed E-state index contributed by atoms with van der Waals surface area (Å²) in [6.07, 6.45) is 0. The number of carbonyl (C=O) groups excluding carboxylic acids is 2. The zero-order valence-corrected chi connectivity index (χ0v) is 12.8. The van der Waals surface area contributed by atoms with Crippen molar-refractivity contribution in [1.82, 2.24) is 0 Å². The number of fused-ring (bicyclic) bond motifs is 1. The van der Waals surface area contributed by atoms with E-state index in [0.29, 0.717) is 16.8 Å². The van der Waals surface area contributed by atoms with Crippen molar-refractivity contribution in [2.24, 2.45) is 0 Å². The molecule has 1 amide bonds. The van der Waals surface area contributed by atoms with Gasteiger partial charge in [0.05, 0.1) is 12.7 Å². The van der Waals surface area contributed by atoms with Gasteiger partial charge >= 0.3 is 5.97 Å². The van der Waals surface area contributed by atoms with Crippen molar-refractivity contribution in [3.63, 3.8) is 0 Å². The lowest BCUT2D eigenvalue weighted by atomic mass is 10.1. The molecule has 116 valence electrons. The molecule has 2 aromatic carbocycles. The number of esters is 1. The van der Waals surface area contributed by atoms with Crippen LogP contribution >= 0.6 is 0 Å². The molecule has 3 aromatic rings. The number of carbonyl (C=O) groups is 2. The third-order valence-electron chi connectivity index (χ3n) is 3.61. The average Bonchev–Trinajstić information content (AvgIpc) is 2.92. The van der Waals surface area contributed by atoms with Crippen LogP contribution in [0.5, 0.6) is 0 Å². The van der Waals surface area contributed by atoms with Crippen molar-refractivity contribution in [2.45, 2.75) is 6.92 Å². The van der Waals surface area contributed by atoms with Gasteiger partial charge in [0.1, 0.15) is 5.58 Å². The lowest BCUT2D eigenvalue weighted by Gasteiger charge is -2.05. The molecule has 1 aromatic heterocycles. The van der Waals surface area contributed by atoms with Crippen LogP contribution in [0, 0.1) is 6.92 Å². The second-order valence-electron chi connectivity index (χ2n) is 5.08. The Morgan fingerprint density at radius 2 is 1.74 bits per heavy atom. The van der Waals surface area contributed by atoms with Crippen molar-refractivity contribution in [3.05, 3.63) is 65.4 Å². The van der Waals surface area contributed by atoms with Crippen molar-refractivity contribution in [1.29, 1.82) is 0 Å². The van der Waals surface area contributed by atoms with Gasteiger partial charge < -0.3 is 14.5 Å². The predicted octanol–water partition coefficient (Wildman–Crippen LogP) is 3.78. The van der Waals surface area contributed by atoms with Crippen LogP contribution in [-0.2, 0) is 4.74 Å². The standard InChI is InChI=1S/C18H15NO4/c1-11-14-5-3-4-6-15(14)23-16(11)17(20)19-13-9-7-12(8-10-13)18(21)22-2/h3-10H,1-2H3,(H,19,20). The number of amides is 1. The van der Waals surface area contributed by atoms with Crippen LogP contribution in [0.25, 0.3) is 11.0 Å². The Morgan fingerprint density at radius 3 is 2.39 bits per heavy atom. The summed E-state index contributed by atoms with van der Waals surface area (Å²) in [5.74, 6) is -0.469. The molecule has 0 spiro atoms. The monoisotopic (exact) mass is 309 g/mol. The molecule has 1 N–H and O–H groups in total. The molecule has 0 saturated heterocycles. The summed E-state index contributed by atoms with van der Waals surface area (Å²) in [5.41, 5.74) is 2.47. The molecule has 3 rings (SSSR count). The molecule has 0 bridgehead atoms. The number of methoxy groups -OCH3 is 1. The molecule has 0 aliphatic heterocycles. The number of aryl methyl sites for hydroxylation is 1. The van der Waals surface area contributed by atoms with E-state index in [1.807, 2.05) is 31.2 Å². The molecular formula is C18H15NO4. The minimum Gasteiger partial charge on any atom is -0.465 e. The molecule has 0 atom stereocenters. The van der Waals surface area contributed by atoms with Gasteiger partial charge in [-0.2, -0.15) is 0 Å². The van der Waals surface area contributed by atoms with Crippen molar-refractivity contribution in [2.75, 3.05) is 12.4 Å². The zero-order valence-electron chi connectivity index (χ0n) is 12.8. The van der Waals surface area contributed by atoms with Gasteiger partial charge in [0.15, 0.2) is 5.76 Å². The molecule has 1 heterocycles. The molecular weight excluding hydrogens is 294 g/mol. The summed E-state index contributed by atoms with van der Waals surface area (Å²) < 4.78 is 10.3. The number of ether oxygens (including phenoxy) is 1. The van der Waals surface area contributed by atoms with Crippen LogP contribution in [0.15, 0.2) is 52.9 Å². The highest BCUT2D eigenvalue weighted by Crippen LogP contribution is 2.25. The van der Waals surface area contributed by atoms with Crippen LogP contribution in [0.2, 0.25) is 0 Å². The highest BCUT2D eigenvalue weighted by molar-refractivity contribution is 6.06. The Bertz CT molecular complexity index is 878. The first kappa shape index (κ1) is 14.8. The second-order valence-corrected chi connectivity index (χ2v) is 5.08. The van der Waals surface area contributed by atoms with E-state index in [4.69, 9.17) is 4.42 Å². The molecule has 23 heavy (non-hydrogen) atoms. The van der Waals surface area contributed by atoms with E-state index < -0.39 is 5.97 Å². The molecule has 0 saturated carbocycles. The summed E-state index contributed by atoms with van der Waals surface area (Å²) in [4.78, 5) is 23.8. The first-order valence-corrected chi connectivity index (χ1v) is 7.08. The molecule has 0 unspecified atom stereocenters. The highest BCUT2D eigenvalue weighted by Gasteiger charge is 2.17. The predicted molar refractivity (Wildman–Crippen MR) is 86.7 cm³/mol. The largest absolute Gasteiger partial charge is 0.465 e. The van der Waals surface area contributed by atoms with Gasteiger partial charge in [-0.25, -0.2) is 4.79 Å². The minimum atomic E-state index is -0.420. The normalized spacial score (nSPS) is 10.5. The van der Waals surface area contributed by atoms with E-state index in [9.17, 15) is 9.59 Å².